The summed E-state index contributed by atoms with van der Waals surface area (Å²) in [7, 11) is 0. The molecule has 1 amide bonds. The van der Waals surface area contributed by atoms with Crippen molar-refractivity contribution in [3.8, 4) is 0 Å². The van der Waals surface area contributed by atoms with Crippen molar-refractivity contribution in [2.75, 3.05) is 18.1 Å². The zero-order chi connectivity index (χ0) is 14.5. The van der Waals surface area contributed by atoms with Crippen LogP contribution in [0.4, 0.5) is 10.5 Å². The molecule has 4 nitrogen and oxygen atoms in total. The molecule has 0 aromatic heterocycles. The van der Waals surface area contributed by atoms with Crippen LogP contribution >= 0.6 is 0 Å². The summed E-state index contributed by atoms with van der Waals surface area (Å²) < 4.78 is 5.39. The van der Waals surface area contributed by atoms with Crippen LogP contribution in [-0.4, -0.2) is 30.0 Å². The van der Waals surface area contributed by atoms with Crippen molar-refractivity contribution in [1.29, 1.82) is 0 Å². The van der Waals surface area contributed by atoms with Crippen LogP contribution in [0.5, 0.6) is 0 Å². The van der Waals surface area contributed by atoms with Gasteiger partial charge >= 0.3 is 6.09 Å². The molecule has 0 heterocycles. The maximum atomic E-state index is 12.2. The van der Waals surface area contributed by atoms with Crippen LogP contribution in [0.15, 0.2) is 24.3 Å². The van der Waals surface area contributed by atoms with Crippen LogP contribution in [0.25, 0.3) is 0 Å². The highest BCUT2D eigenvalue weighted by molar-refractivity contribution is 5.87. The highest BCUT2D eigenvalue weighted by Crippen LogP contribution is 2.19. The van der Waals surface area contributed by atoms with E-state index in [1.165, 1.54) is 0 Å². The van der Waals surface area contributed by atoms with Crippen LogP contribution in [-0.2, 0) is 4.74 Å². The van der Waals surface area contributed by atoms with Crippen molar-refractivity contribution in [3.63, 3.8) is 0 Å². The number of carbonyl (C=O) groups excluding carboxylic acids is 1. The van der Waals surface area contributed by atoms with Gasteiger partial charge in [-0.15, -0.1) is 0 Å². The second kappa shape index (κ2) is 6.57. The second-order valence-electron chi connectivity index (χ2n) is 5.54. The summed E-state index contributed by atoms with van der Waals surface area (Å²) in [6, 6.07) is 7.67. The van der Waals surface area contributed by atoms with Crippen molar-refractivity contribution in [1.82, 2.24) is 0 Å². The topological polar surface area (TPSA) is 49.8 Å². The van der Waals surface area contributed by atoms with Gasteiger partial charge in [0.15, 0.2) is 0 Å². The summed E-state index contributed by atoms with van der Waals surface area (Å²) in [5.41, 5.74) is 1.39. The predicted octanol–water partition coefficient (Wildman–Crippen LogP) is 3.12. The van der Waals surface area contributed by atoms with E-state index < -0.39 is 5.60 Å². The molecule has 106 valence electrons. The average molecular weight is 265 g/mol. The van der Waals surface area contributed by atoms with E-state index in [0.29, 0.717) is 13.0 Å². The molecule has 0 bridgehead atoms. The smallest absolute Gasteiger partial charge is 0.414 e. The molecule has 0 saturated heterocycles. The molecule has 0 aliphatic heterocycles. The Hall–Kier alpha value is -1.55. The van der Waals surface area contributed by atoms with Gasteiger partial charge < -0.3 is 9.84 Å². The number of aliphatic hydroxyl groups excluding tert-OH is 1. The molecule has 1 aromatic rings. The normalized spacial score (nSPS) is 11.2. The number of carbonyl (C=O) groups is 1. The lowest BCUT2D eigenvalue weighted by Crippen LogP contribution is -2.37. The number of anilines is 1. The molecule has 0 aliphatic carbocycles. The standard InChI is InChI=1S/C15H23NO3/c1-12-6-8-13(9-7-12)16(10-5-11-17)14(18)19-15(2,3)4/h6-9,17H,5,10-11H2,1-4H3. The van der Waals surface area contributed by atoms with E-state index in [1.54, 1.807) is 4.90 Å². The Balaban J connectivity index is 2.87. The molecule has 0 spiro atoms. The van der Waals surface area contributed by atoms with Gasteiger partial charge in [0.2, 0.25) is 0 Å². The molecule has 1 aromatic carbocycles. The van der Waals surface area contributed by atoms with Crippen LogP contribution in [0.2, 0.25) is 0 Å². The highest BCUT2D eigenvalue weighted by atomic mass is 16.6. The number of hydrogen-bond donors (Lipinski definition) is 1. The molecule has 1 N–H and O–H groups in total. The van der Waals surface area contributed by atoms with Gasteiger partial charge in [-0.2, -0.15) is 0 Å². The Morgan fingerprint density at radius 1 is 1.26 bits per heavy atom. The molecular formula is C15H23NO3. The van der Waals surface area contributed by atoms with Gasteiger partial charge in [0.05, 0.1) is 0 Å². The van der Waals surface area contributed by atoms with Crippen molar-refractivity contribution in [2.24, 2.45) is 0 Å². The second-order valence-corrected chi connectivity index (χ2v) is 5.54. The Morgan fingerprint density at radius 2 is 1.84 bits per heavy atom. The van der Waals surface area contributed by atoms with E-state index in [1.807, 2.05) is 52.0 Å². The van der Waals surface area contributed by atoms with Crippen molar-refractivity contribution in [3.05, 3.63) is 29.8 Å². The molecule has 0 saturated carbocycles. The molecule has 0 fully saturated rings. The minimum atomic E-state index is -0.529. The number of nitrogens with zero attached hydrogens (tertiary/aromatic N) is 1. The number of aliphatic hydroxyl groups is 1. The quantitative estimate of drug-likeness (QED) is 0.910. The Kier molecular flexibility index (Phi) is 5.36. The SMILES string of the molecule is Cc1ccc(N(CCCO)C(=O)OC(C)(C)C)cc1. The highest BCUT2D eigenvalue weighted by Gasteiger charge is 2.22. The minimum Gasteiger partial charge on any atom is -0.443 e. The Labute approximate surface area is 115 Å². The molecule has 0 aliphatic rings. The maximum Gasteiger partial charge on any atom is 0.414 e. The molecular weight excluding hydrogens is 242 g/mol. The van der Waals surface area contributed by atoms with E-state index in [4.69, 9.17) is 9.84 Å². The summed E-state index contributed by atoms with van der Waals surface area (Å²) in [6.07, 6.45) is 0.137. The largest absolute Gasteiger partial charge is 0.443 e. The van der Waals surface area contributed by atoms with Gasteiger partial charge in [0.1, 0.15) is 5.60 Å². The summed E-state index contributed by atoms with van der Waals surface area (Å²) in [5, 5.41) is 8.94. The third kappa shape index (κ3) is 5.30. The lowest BCUT2D eigenvalue weighted by Gasteiger charge is -2.27. The van der Waals surface area contributed by atoms with Crippen LogP contribution in [0, 0.1) is 6.92 Å². The zero-order valence-electron chi connectivity index (χ0n) is 12.1. The van der Waals surface area contributed by atoms with Crippen molar-refractivity contribution < 1.29 is 14.6 Å². The van der Waals surface area contributed by atoms with E-state index in [9.17, 15) is 4.79 Å². The fourth-order valence-corrected chi connectivity index (χ4v) is 1.60. The number of rotatable bonds is 4. The van der Waals surface area contributed by atoms with E-state index in [0.717, 1.165) is 11.3 Å². The first-order valence-electron chi connectivity index (χ1n) is 6.51. The Bertz CT molecular complexity index is 406. The number of hydrogen-bond acceptors (Lipinski definition) is 3. The number of ether oxygens (including phenoxy) is 1. The summed E-state index contributed by atoms with van der Waals surface area (Å²) in [6.45, 7) is 7.99. The van der Waals surface area contributed by atoms with Crippen LogP contribution in [0.1, 0.15) is 32.8 Å². The molecule has 1 rings (SSSR count). The molecule has 4 heteroatoms. The fourth-order valence-electron chi connectivity index (χ4n) is 1.60. The van der Waals surface area contributed by atoms with E-state index >= 15 is 0 Å². The van der Waals surface area contributed by atoms with Gasteiger partial charge in [-0.25, -0.2) is 4.79 Å². The van der Waals surface area contributed by atoms with Crippen molar-refractivity contribution in [2.45, 2.75) is 39.7 Å². The first-order chi connectivity index (χ1) is 8.83. The van der Waals surface area contributed by atoms with Crippen molar-refractivity contribution >= 4 is 11.8 Å². The van der Waals surface area contributed by atoms with Gasteiger partial charge in [-0.3, -0.25) is 4.90 Å². The summed E-state index contributed by atoms with van der Waals surface area (Å²) in [5.74, 6) is 0. The van der Waals surface area contributed by atoms with Gasteiger partial charge in [-0.1, -0.05) is 17.7 Å². The third-order valence-electron chi connectivity index (χ3n) is 2.50. The maximum absolute atomic E-state index is 12.2. The van der Waals surface area contributed by atoms with Gasteiger partial charge in [0, 0.05) is 18.8 Å². The van der Waals surface area contributed by atoms with Crippen LogP contribution < -0.4 is 4.90 Å². The van der Waals surface area contributed by atoms with E-state index in [-0.39, 0.29) is 12.7 Å². The minimum absolute atomic E-state index is 0.0468. The Morgan fingerprint density at radius 3 is 2.32 bits per heavy atom. The number of amides is 1. The number of aryl methyl sites for hydroxylation is 1. The molecule has 0 unspecified atom stereocenters. The van der Waals surface area contributed by atoms with E-state index in [2.05, 4.69) is 0 Å². The molecule has 0 atom stereocenters. The van der Waals surface area contributed by atoms with Crippen LogP contribution in [0.3, 0.4) is 0 Å². The summed E-state index contributed by atoms with van der Waals surface area (Å²) in [4.78, 5) is 13.7. The number of benzene rings is 1. The fraction of sp³-hybridized carbons (Fsp3) is 0.533. The average Bonchev–Trinajstić information content (AvgIpc) is 2.29. The predicted molar refractivity (Wildman–Crippen MR) is 76.5 cm³/mol. The third-order valence-corrected chi connectivity index (χ3v) is 2.50. The zero-order valence-corrected chi connectivity index (χ0v) is 12.1. The van der Waals surface area contributed by atoms with Gasteiger partial charge in [-0.05, 0) is 46.2 Å². The first kappa shape index (κ1) is 15.5. The lowest BCUT2D eigenvalue weighted by atomic mass is 10.2. The summed E-state index contributed by atoms with van der Waals surface area (Å²) >= 11 is 0. The molecule has 19 heavy (non-hydrogen) atoms. The van der Waals surface area contributed by atoms with Gasteiger partial charge in [0.25, 0.3) is 0 Å². The monoisotopic (exact) mass is 265 g/mol. The first-order valence-corrected chi connectivity index (χ1v) is 6.51. The lowest BCUT2D eigenvalue weighted by molar-refractivity contribution is 0.0578. The molecule has 0 radical (unpaired) electrons.